The molecule has 0 bridgehead atoms. The van der Waals surface area contributed by atoms with Gasteiger partial charge in [0.25, 0.3) is 0 Å². The highest BCUT2D eigenvalue weighted by Crippen LogP contribution is 2.25. The molecule has 0 spiro atoms. The van der Waals surface area contributed by atoms with Gasteiger partial charge in [-0.05, 0) is 34.5 Å². The molecule has 0 N–H and O–H groups in total. The first kappa shape index (κ1) is 16.5. The van der Waals surface area contributed by atoms with Crippen LogP contribution in [-0.4, -0.2) is 21.1 Å². The largest absolute Gasteiger partial charge is 0.488 e. The molecular weight excluding hydrogens is 392 g/mol. The molecule has 0 aliphatic heterocycles. The number of nitrogens with zero attached hydrogens (tertiary/aromatic N) is 4. The molecule has 6 heteroatoms. The summed E-state index contributed by atoms with van der Waals surface area (Å²) < 4.78 is 8.60. The number of rotatable bonds is 5. The first-order valence-corrected chi connectivity index (χ1v) is 8.87. The second-order valence-electron chi connectivity index (χ2n) is 5.70. The minimum absolute atomic E-state index is 0.483. The van der Waals surface area contributed by atoms with E-state index in [-0.39, 0.29) is 0 Å². The fraction of sp³-hybridized carbons (Fsp3) is 0.0500. The molecular formula is C20H15BrN4O. The van der Waals surface area contributed by atoms with Crippen molar-refractivity contribution in [3.8, 4) is 5.75 Å². The standard InChI is InChI=1S/C20H15BrN4O/c21-18-8-9-20(17(10-18)11-24-25-13-22-23-14-25)26-12-16-6-3-5-15-4-1-2-7-19(15)16/h1-11,13-14H,12H2/b24-11+. The van der Waals surface area contributed by atoms with Crippen LogP contribution in [0.15, 0.2) is 82.9 Å². The Hall–Kier alpha value is -2.99. The second kappa shape index (κ2) is 7.49. The fourth-order valence-electron chi connectivity index (χ4n) is 2.71. The van der Waals surface area contributed by atoms with Gasteiger partial charge >= 0.3 is 0 Å². The van der Waals surface area contributed by atoms with E-state index >= 15 is 0 Å². The molecule has 0 atom stereocenters. The lowest BCUT2D eigenvalue weighted by molar-refractivity contribution is 0.307. The predicted octanol–water partition coefficient (Wildman–Crippen LogP) is 4.66. The van der Waals surface area contributed by atoms with Gasteiger partial charge in [0.2, 0.25) is 0 Å². The summed E-state index contributed by atoms with van der Waals surface area (Å²) >= 11 is 3.49. The highest BCUT2D eigenvalue weighted by Gasteiger charge is 2.06. The molecule has 0 saturated carbocycles. The van der Waals surface area contributed by atoms with Crippen molar-refractivity contribution in [1.29, 1.82) is 0 Å². The molecule has 0 radical (unpaired) electrons. The quantitative estimate of drug-likeness (QED) is 0.453. The number of benzene rings is 3. The summed E-state index contributed by atoms with van der Waals surface area (Å²) in [4.78, 5) is 0. The van der Waals surface area contributed by atoms with Crippen LogP contribution in [0.4, 0.5) is 0 Å². The van der Waals surface area contributed by atoms with Gasteiger partial charge < -0.3 is 4.74 Å². The highest BCUT2D eigenvalue weighted by atomic mass is 79.9. The number of aromatic nitrogens is 3. The molecule has 4 aromatic rings. The van der Waals surface area contributed by atoms with Crippen molar-refractivity contribution < 1.29 is 4.74 Å². The minimum Gasteiger partial charge on any atom is -0.488 e. The molecule has 0 fully saturated rings. The zero-order valence-corrected chi connectivity index (χ0v) is 15.4. The van der Waals surface area contributed by atoms with Crippen LogP contribution in [0.25, 0.3) is 10.8 Å². The molecule has 0 amide bonds. The van der Waals surface area contributed by atoms with Crippen LogP contribution >= 0.6 is 15.9 Å². The van der Waals surface area contributed by atoms with Crippen molar-refractivity contribution in [2.45, 2.75) is 6.61 Å². The average molecular weight is 407 g/mol. The Labute approximate surface area is 159 Å². The molecule has 3 aromatic carbocycles. The maximum atomic E-state index is 6.10. The van der Waals surface area contributed by atoms with Gasteiger partial charge in [-0.25, -0.2) is 4.68 Å². The van der Waals surface area contributed by atoms with Crippen molar-refractivity contribution in [1.82, 2.24) is 14.9 Å². The smallest absolute Gasteiger partial charge is 0.141 e. The van der Waals surface area contributed by atoms with E-state index in [1.54, 1.807) is 6.21 Å². The van der Waals surface area contributed by atoms with Gasteiger partial charge in [0.1, 0.15) is 25.0 Å². The van der Waals surface area contributed by atoms with E-state index in [2.05, 4.69) is 61.6 Å². The lowest BCUT2D eigenvalue weighted by Gasteiger charge is -2.11. The van der Waals surface area contributed by atoms with E-state index in [1.807, 2.05) is 30.3 Å². The van der Waals surface area contributed by atoms with Crippen molar-refractivity contribution in [3.05, 3.63) is 88.9 Å². The van der Waals surface area contributed by atoms with Crippen LogP contribution in [0.1, 0.15) is 11.1 Å². The Bertz CT molecular complexity index is 1060. The summed E-state index contributed by atoms with van der Waals surface area (Å²) in [6.07, 6.45) is 4.79. The van der Waals surface area contributed by atoms with E-state index < -0.39 is 0 Å². The third-order valence-corrected chi connectivity index (χ3v) is 4.46. The van der Waals surface area contributed by atoms with Crippen molar-refractivity contribution in [2.75, 3.05) is 0 Å². The summed E-state index contributed by atoms with van der Waals surface area (Å²) in [6, 6.07) is 20.4. The van der Waals surface area contributed by atoms with Crippen LogP contribution in [0.3, 0.4) is 0 Å². The van der Waals surface area contributed by atoms with Crippen LogP contribution in [-0.2, 0) is 6.61 Å². The Balaban J connectivity index is 1.60. The number of fused-ring (bicyclic) bond motifs is 1. The third-order valence-electron chi connectivity index (χ3n) is 3.97. The molecule has 26 heavy (non-hydrogen) atoms. The zero-order chi connectivity index (χ0) is 17.8. The molecule has 0 aliphatic carbocycles. The SMILES string of the molecule is Brc1ccc(OCc2cccc3ccccc23)c(/C=N/n2cnnc2)c1. The van der Waals surface area contributed by atoms with E-state index in [4.69, 9.17) is 4.74 Å². The maximum absolute atomic E-state index is 6.10. The van der Waals surface area contributed by atoms with E-state index in [0.717, 1.165) is 21.3 Å². The van der Waals surface area contributed by atoms with Gasteiger partial charge in [-0.1, -0.05) is 58.4 Å². The summed E-state index contributed by atoms with van der Waals surface area (Å²) in [7, 11) is 0. The Kier molecular flexibility index (Phi) is 4.75. The summed E-state index contributed by atoms with van der Waals surface area (Å²) in [6.45, 7) is 0.483. The molecule has 5 nitrogen and oxygen atoms in total. The molecule has 128 valence electrons. The topological polar surface area (TPSA) is 52.3 Å². The number of hydrogen-bond acceptors (Lipinski definition) is 4. The van der Waals surface area contributed by atoms with E-state index in [0.29, 0.717) is 6.61 Å². The number of halogens is 1. The summed E-state index contributed by atoms with van der Waals surface area (Å²) in [5.41, 5.74) is 2.01. The van der Waals surface area contributed by atoms with Gasteiger partial charge in [-0.15, -0.1) is 10.2 Å². The van der Waals surface area contributed by atoms with Gasteiger partial charge in [0.15, 0.2) is 0 Å². The first-order valence-electron chi connectivity index (χ1n) is 8.07. The van der Waals surface area contributed by atoms with Crippen molar-refractivity contribution in [3.63, 3.8) is 0 Å². The van der Waals surface area contributed by atoms with Crippen molar-refractivity contribution in [2.24, 2.45) is 5.10 Å². The number of ether oxygens (including phenoxy) is 1. The monoisotopic (exact) mass is 406 g/mol. The summed E-state index contributed by atoms with van der Waals surface area (Å²) in [5.74, 6) is 0.762. The molecule has 0 aliphatic rings. The van der Waals surface area contributed by atoms with Crippen LogP contribution in [0, 0.1) is 0 Å². The lowest BCUT2D eigenvalue weighted by atomic mass is 10.1. The van der Waals surface area contributed by atoms with E-state index in [1.165, 1.54) is 28.1 Å². The van der Waals surface area contributed by atoms with Crippen molar-refractivity contribution >= 4 is 32.9 Å². The molecule has 4 rings (SSSR count). The third kappa shape index (κ3) is 3.65. The molecule has 1 heterocycles. The van der Waals surface area contributed by atoms with Gasteiger partial charge in [0, 0.05) is 10.0 Å². The van der Waals surface area contributed by atoms with Crippen LogP contribution in [0.2, 0.25) is 0 Å². The Morgan fingerprint density at radius 1 is 1.00 bits per heavy atom. The fourth-order valence-corrected chi connectivity index (χ4v) is 3.09. The zero-order valence-electron chi connectivity index (χ0n) is 13.8. The Morgan fingerprint density at radius 3 is 2.69 bits per heavy atom. The van der Waals surface area contributed by atoms with Gasteiger partial charge in [0.05, 0.1) is 6.21 Å². The minimum atomic E-state index is 0.483. The van der Waals surface area contributed by atoms with Crippen LogP contribution in [0.5, 0.6) is 5.75 Å². The second-order valence-corrected chi connectivity index (χ2v) is 6.61. The molecule has 1 aromatic heterocycles. The predicted molar refractivity (Wildman–Crippen MR) is 105 cm³/mol. The van der Waals surface area contributed by atoms with E-state index in [9.17, 15) is 0 Å². The van der Waals surface area contributed by atoms with Gasteiger partial charge in [-0.2, -0.15) is 5.10 Å². The van der Waals surface area contributed by atoms with Gasteiger partial charge in [-0.3, -0.25) is 0 Å². The average Bonchev–Trinajstić information content (AvgIpc) is 3.19. The lowest BCUT2D eigenvalue weighted by Crippen LogP contribution is -2.00. The normalized spacial score (nSPS) is 11.3. The highest BCUT2D eigenvalue weighted by molar-refractivity contribution is 9.10. The maximum Gasteiger partial charge on any atom is 0.141 e. The number of hydrogen-bond donors (Lipinski definition) is 0. The Morgan fingerprint density at radius 2 is 1.81 bits per heavy atom. The molecule has 0 saturated heterocycles. The van der Waals surface area contributed by atoms with Crippen LogP contribution < -0.4 is 4.74 Å². The summed E-state index contributed by atoms with van der Waals surface area (Å²) in [5, 5.41) is 14.2. The first-order chi connectivity index (χ1) is 12.8. The molecule has 0 unspecified atom stereocenters.